The van der Waals surface area contributed by atoms with E-state index >= 15 is 0 Å². The van der Waals surface area contributed by atoms with Gasteiger partial charge in [-0.3, -0.25) is 9.59 Å². The summed E-state index contributed by atoms with van der Waals surface area (Å²) in [5.41, 5.74) is 0.266. The van der Waals surface area contributed by atoms with Gasteiger partial charge in [-0.05, 0) is 24.0 Å². The quantitative estimate of drug-likeness (QED) is 0.796. The molecular formula is C24H26N2O4. The molecule has 0 saturated carbocycles. The second-order valence-corrected chi connectivity index (χ2v) is 8.73. The fourth-order valence-corrected chi connectivity index (χ4v) is 5.38. The van der Waals surface area contributed by atoms with Gasteiger partial charge in [-0.1, -0.05) is 60.7 Å². The summed E-state index contributed by atoms with van der Waals surface area (Å²) in [5, 5.41) is 21.0. The van der Waals surface area contributed by atoms with Gasteiger partial charge in [0.05, 0.1) is 25.2 Å². The van der Waals surface area contributed by atoms with E-state index in [2.05, 4.69) is 0 Å². The highest BCUT2D eigenvalue weighted by Crippen LogP contribution is 2.45. The van der Waals surface area contributed by atoms with Gasteiger partial charge < -0.3 is 20.0 Å². The zero-order valence-corrected chi connectivity index (χ0v) is 16.8. The first-order valence-electron chi connectivity index (χ1n) is 10.6. The molecule has 30 heavy (non-hydrogen) atoms. The Kier molecular flexibility index (Phi) is 4.45. The van der Waals surface area contributed by atoms with Gasteiger partial charge in [-0.2, -0.15) is 0 Å². The summed E-state index contributed by atoms with van der Waals surface area (Å²) >= 11 is 0. The predicted octanol–water partition coefficient (Wildman–Crippen LogP) is 1.76. The van der Waals surface area contributed by atoms with E-state index in [-0.39, 0.29) is 23.9 Å². The van der Waals surface area contributed by atoms with Crippen LogP contribution in [0.5, 0.6) is 0 Å². The number of amides is 2. The fraction of sp³-hybridized carbons (Fsp3) is 0.417. The van der Waals surface area contributed by atoms with Crippen LogP contribution in [0.2, 0.25) is 0 Å². The number of fused-ring (bicyclic) bond motifs is 2. The lowest BCUT2D eigenvalue weighted by Crippen LogP contribution is -2.65. The molecular weight excluding hydrogens is 380 g/mol. The van der Waals surface area contributed by atoms with Gasteiger partial charge >= 0.3 is 0 Å². The van der Waals surface area contributed by atoms with Crippen molar-refractivity contribution in [1.29, 1.82) is 0 Å². The number of aliphatic hydroxyl groups is 2. The van der Waals surface area contributed by atoms with E-state index in [1.54, 1.807) is 9.80 Å². The molecule has 0 aromatic heterocycles. The van der Waals surface area contributed by atoms with Crippen molar-refractivity contribution in [2.75, 3.05) is 13.1 Å². The third kappa shape index (κ3) is 2.78. The minimum absolute atomic E-state index is 0.00685. The Morgan fingerprint density at radius 1 is 0.667 bits per heavy atom. The largest absolute Gasteiger partial charge is 0.381 e. The Morgan fingerprint density at radius 2 is 1.03 bits per heavy atom. The predicted molar refractivity (Wildman–Crippen MR) is 110 cm³/mol. The molecule has 156 valence electrons. The third-order valence-electron chi connectivity index (χ3n) is 7.13. The van der Waals surface area contributed by atoms with E-state index in [1.807, 2.05) is 60.7 Å². The highest BCUT2D eigenvalue weighted by molar-refractivity contribution is 5.81. The van der Waals surface area contributed by atoms with Crippen LogP contribution in [0.25, 0.3) is 0 Å². The van der Waals surface area contributed by atoms with Crippen LogP contribution < -0.4 is 0 Å². The van der Waals surface area contributed by atoms with Crippen molar-refractivity contribution in [1.82, 2.24) is 9.80 Å². The van der Waals surface area contributed by atoms with Gasteiger partial charge in [0.1, 0.15) is 11.2 Å². The van der Waals surface area contributed by atoms with E-state index in [0.717, 1.165) is 24.0 Å². The molecule has 0 radical (unpaired) electrons. The maximum absolute atomic E-state index is 11.4. The summed E-state index contributed by atoms with van der Waals surface area (Å²) in [6.07, 6.45) is 2.73. The van der Waals surface area contributed by atoms with Crippen LogP contribution in [0.1, 0.15) is 36.8 Å². The zero-order valence-electron chi connectivity index (χ0n) is 16.8. The van der Waals surface area contributed by atoms with Gasteiger partial charge in [-0.25, -0.2) is 0 Å². The summed E-state index contributed by atoms with van der Waals surface area (Å²) < 4.78 is 0. The van der Waals surface area contributed by atoms with Gasteiger partial charge in [-0.15, -0.1) is 0 Å². The molecule has 6 heteroatoms. The average Bonchev–Trinajstić information content (AvgIpc) is 3.25. The molecule has 4 fully saturated rings. The zero-order chi connectivity index (χ0) is 20.9. The molecule has 4 aliphatic heterocycles. The number of nitrogens with zero attached hydrogens (tertiary/aromatic N) is 2. The van der Waals surface area contributed by atoms with Crippen LogP contribution in [-0.4, -0.2) is 57.0 Å². The van der Waals surface area contributed by atoms with E-state index in [0.29, 0.717) is 25.9 Å². The highest BCUT2D eigenvalue weighted by Gasteiger charge is 2.58. The first kappa shape index (κ1) is 19.3. The molecule has 2 N–H and O–H groups in total. The number of hydrogen-bond acceptors (Lipinski definition) is 4. The Balaban J connectivity index is 0.000000128. The average molecular weight is 406 g/mol. The number of benzene rings is 2. The lowest BCUT2D eigenvalue weighted by Gasteiger charge is -2.51. The summed E-state index contributed by atoms with van der Waals surface area (Å²) in [5.74, 6) is 0.362. The van der Waals surface area contributed by atoms with Crippen LogP contribution in [0, 0.1) is 0 Å². The molecule has 4 atom stereocenters. The topological polar surface area (TPSA) is 81.1 Å². The maximum atomic E-state index is 11.4. The second kappa shape index (κ2) is 6.93. The summed E-state index contributed by atoms with van der Waals surface area (Å²) in [6.45, 7) is 0.918. The smallest absolute Gasteiger partial charge is 0.223 e. The van der Waals surface area contributed by atoms with Gasteiger partial charge in [0.25, 0.3) is 0 Å². The molecule has 6 nitrogen and oxygen atoms in total. The van der Waals surface area contributed by atoms with Crippen LogP contribution in [0.4, 0.5) is 0 Å². The van der Waals surface area contributed by atoms with Crippen molar-refractivity contribution in [2.24, 2.45) is 0 Å². The molecule has 2 aromatic rings. The number of carbonyl (C=O) groups excluding carboxylic acids is 2. The van der Waals surface area contributed by atoms with Crippen LogP contribution in [0.3, 0.4) is 0 Å². The van der Waals surface area contributed by atoms with Crippen molar-refractivity contribution in [3.63, 3.8) is 0 Å². The van der Waals surface area contributed by atoms with Crippen LogP contribution in [-0.2, 0) is 20.8 Å². The fourth-order valence-electron chi connectivity index (χ4n) is 5.38. The molecule has 0 bridgehead atoms. The Labute approximate surface area is 175 Å². The number of carbonyl (C=O) groups is 2. The van der Waals surface area contributed by atoms with Crippen LogP contribution >= 0.6 is 0 Å². The molecule has 2 aromatic carbocycles. The van der Waals surface area contributed by atoms with E-state index < -0.39 is 11.2 Å². The summed E-state index contributed by atoms with van der Waals surface area (Å²) in [4.78, 5) is 26.3. The minimum atomic E-state index is -0.798. The first-order chi connectivity index (χ1) is 14.4. The third-order valence-corrected chi connectivity index (χ3v) is 7.13. The summed E-state index contributed by atoms with van der Waals surface area (Å²) in [6, 6.07) is 19.3. The minimum Gasteiger partial charge on any atom is -0.381 e. The number of rotatable bonds is 2. The van der Waals surface area contributed by atoms with Crippen molar-refractivity contribution >= 4 is 11.8 Å². The van der Waals surface area contributed by atoms with Crippen molar-refractivity contribution in [3.05, 3.63) is 71.8 Å². The standard InChI is InChI=1S/2C12H13NO2/c2*14-11-7-6-10-12(15,8-13(10)11)9-4-2-1-3-5-9/h2*1-5,10,15H,6-8H2/t10-,12+;10-,12-/m00/s1. The normalized spacial score (nSPS) is 33.8. The highest BCUT2D eigenvalue weighted by atomic mass is 16.3. The molecule has 2 amide bonds. The molecule has 0 unspecified atom stereocenters. The molecule has 4 saturated heterocycles. The van der Waals surface area contributed by atoms with E-state index in [1.165, 1.54) is 0 Å². The molecule has 4 aliphatic rings. The van der Waals surface area contributed by atoms with Gasteiger partial charge in [0.2, 0.25) is 11.8 Å². The Bertz CT molecular complexity index is 886. The summed E-state index contributed by atoms with van der Waals surface area (Å²) in [7, 11) is 0. The van der Waals surface area contributed by atoms with Gasteiger partial charge in [0.15, 0.2) is 0 Å². The van der Waals surface area contributed by atoms with Gasteiger partial charge in [0, 0.05) is 12.8 Å². The molecule has 4 heterocycles. The second-order valence-electron chi connectivity index (χ2n) is 8.73. The lowest BCUT2D eigenvalue weighted by molar-refractivity contribution is -0.166. The van der Waals surface area contributed by atoms with E-state index in [9.17, 15) is 19.8 Å². The maximum Gasteiger partial charge on any atom is 0.223 e. The molecule has 0 aliphatic carbocycles. The lowest BCUT2D eigenvalue weighted by atomic mass is 9.78. The van der Waals surface area contributed by atoms with Crippen molar-refractivity contribution in [3.8, 4) is 0 Å². The Morgan fingerprint density at radius 3 is 1.37 bits per heavy atom. The molecule has 0 spiro atoms. The SMILES string of the molecule is O=C1CC[C@@H]2N1C[C@@]2(O)c1ccccc1.O=C1CC[C@@H]2N1C[C@]2(O)c1ccccc1. The molecule has 6 rings (SSSR count). The Hall–Kier alpha value is -2.70. The van der Waals surface area contributed by atoms with Crippen molar-refractivity contribution < 1.29 is 19.8 Å². The number of hydrogen-bond donors (Lipinski definition) is 2. The van der Waals surface area contributed by atoms with Crippen molar-refractivity contribution in [2.45, 2.75) is 49.0 Å². The first-order valence-corrected chi connectivity index (χ1v) is 10.6. The monoisotopic (exact) mass is 406 g/mol. The van der Waals surface area contributed by atoms with Crippen LogP contribution in [0.15, 0.2) is 60.7 Å². The van der Waals surface area contributed by atoms with E-state index in [4.69, 9.17) is 0 Å².